The summed E-state index contributed by atoms with van der Waals surface area (Å²) < 4.78 is 27.5. The van der Waals surface area contributed by atoms with E-state index in [0.717, 1.165) is 0 Å². The van der Waals surface area contributed by atoms with Gasteiger partial charge in [-0.1, -0.05) is 59.8 Å². The number of anilines is 1. The number of sulfone groups is 1. The molecule has 33 heavy (non-hydrogen) atoms. The molecule has 0 aliphatic rings. The van der Waals surface area contributed by atoms with Crippen LogP contribution in [0.25, 0.3) is 5.69 Å². The Morgan fingerprint density at radius 3 is 2.21 bits per heavy atom. The highest BCUT2D eigenvalue weighted by Crippen LogP contribution is 2.25. The van der Waals surface area contributed by atoms with E-state index in [1.54, 1.807) is 59.2 Å². The maximum absolute atomic E-state index is 12.9. The minimum atomic E-state index is -3.63. The van der Waals surface area contributed by atoms with Crippen LogP contribution >= 0.6 is 23.4 Å². The van der Waals surface area contributed by atoms with Crippen LogP contribution in [0.3, 0.4) is 0 Å². The topological polar surface area (TPSA) is 94.0 Å². The normalized spacial score (nSPS) is 11.3. The molecule has 10 heteroatoms. The maximum Gasteiger partial charge on any atom is 0.234 e. The second-order valence-electron chi connectivity index (χ2n) is 6.99. The highest BCUT2D eigenvalue weighted by atomic mass is 35.5. The fourth-order valence-electron chi connectivity index (χ4n) is 3.07. The van der Waals surface area contributed by atoms with Gasteiger partial charge in [0.25, 0.3) is 0 Å². The number of benzene rings is 3. The number of hydrogen-bond acceptors (Lipinski definition) is 6. The molecule has 0 aliphatic carbocycles. The van der Waals surface area contributed by atoms with E-state index < -0.39 is 9.84 Å². The molecule has 0 spiro atoms. The number of halogens is 1. The minimum Gasteiger partial charge on any atom is -0.325 e. The lowest BCUT2D eigenvalue weighted by Gasteiger charge is -2.11. The predicted molar refractivity (Wildman–Crippen MR) is 129 cm³/mol. The number of carbonyl (C=O) groups is 1. The van der Waals surface area contributed by atoms with Crippen molar-refractivity contribution in [2.45, 2.75) is 15.8 Å². The second-order valence-corrected chi connectivity index (χ2v) is 10.4. The van der Waals surface area contributed by atoms with Gasteiger partial charge >= 0.3 is 0 Å². The SMILES string of the molecule is O=C(CSc1nnc(CS(=O)(=O)c2ccccc2)n1-c1ccccc1)Nc1ccc(Cl)cc1. The predicted octanol–water partition coefficient (Wildman–Crippen LogP) is 4.63. The Balaban J connectivity index is 1.56. The van der Waals surface area contributed by atoms with E-state index in [1.807, 2.05) is 30.3 Å². The van der Waals surface area contributed by atoms with Crippen LogP contribution in [0, 0.1) is 0 Å². The monoisotopic (exact) mass is 498 g/mol. The van der Waals surface area contributed by atoms with Gasteiger partial charge in [-0.3, -0.25) is 9.36 Å². The first-order chi connectivity index (χ1) is 15.9. The molecule has 7 nitrogen and oxygen atoms in total. The lowest BCUT2D eigenvalue weighted by molar-refractivity contribution is -0.113. The number of aromatic nitrogens is 3. The van der Waals surface area contributed by atoms with Gasteiger partial charge in [-0.25, -0.2) is 8.42 Å². The van der Waals surface area contributed by atoms with E-state index in [0.29, 0.717) is 21.6 Å². The number of para-hydroxylation sites is 1. The van der Waals surface area contributed by atoms with Crippen LogP contribution in [-0.4, -0.2) is 34.8 Å². The number of rotatable bonds is 8. The van der Waals surface area contributed by atoms with Crippen LogP contribution in [0.2, 0.25) is 5.02 Å². The number of nitrogens with zero attached hydrogens (tertiary/aromatic N) is 3. The number of hydrogen-bond donors (Lipinski definition) is 1. The van der Waals surface area contributed by atoms with E-state index in [4.69, 9.17) is 11.6 Å². The van der Waals surface area contributed by atoms with Crippen LogP contribution in [0.1, 0.15) is 5.82 Å². The molecule has 0 radical (unpaired) electrons. The van der Waals surface area contributed by atoms with Gasteiger partial charge in [0.15, 0.2) is 20.8 Å². The van der Waals surface area contributed by atoms with Crippen molar-refractivity contribution in [3.05, 3.63) is 95.8 Å². The maximum atomic E-state index is 12.9. The number of amides is 1. The third kappa shape index (κ3) is 5.81. The minimum absolute atomic E-state index is 0.0685. The fraction of sp³-hybridized carbons (Fsp3) is 0.0870. The number of carbonyl (C=O) groups excluding carboxylic acids is 1. The average molecular weight is 499 g/mol. The third-order valence-corrected chi connectivity index (χ3v) is 7.41. The molecule has 0 saturated heterocycles. The summed E-state index contributed by atoms with van der Waals surface area (Å²) in [6.07, 6.45) is 0. The molecule has 0 bridgehead atoms. The van der Waals surface area contributed by atoms with Crippen molar-refractivity contribution in [1.82, 2.24) is 14.8 Å². The van der Waals surface area contributed by atoms with Crippen molar-refractivity contribution >= 4 is 44.8 Å². The van der Waals surface area contributed by atoms with Crippen LogP contribution < -0.4 is 5.32 Å². The largest absolute Gasteiger partial charge is 0.325 e. The Bertz CT molecular complexity index is 1340. The van der Waals surface area contributed by atoms with Crippen molar-refractivity contribution < 1.29 is 13.2 Å². The van der Waals surface area contributed by atoms with Crippen LogP contribution in [0.15, 0.2) is 95.0 Å². The van der Waals surface area contributed by atoms with E-state index in [-0.39, 0.29) is 28.1 Å². The first kappa shape index (κ1) is 23.0. The molecule has 0 fully saturated rings. The molecule has 0 unspecified atom stereocenters. The van der Waals surface area contributed by atoms with E-state index in [2.05, 4.69) is 15.5 Å². The van der Waals surface area contributed by atoms with Gasteiger partial charge in [-0.05, 0) is 48.5 Å². The summed E-state index contributed by atoms with van der Waals surface area (Å²) in [4.78, 5) is 12.6. The van der Waals surface area contributed by atoms with Crippen LogP contribution in [-0.2, 0) is 20.4 Å². The Morgan fingerprint density at radius 2 is 1.55 bits per heavy atom. The molecular weight excluding hydrogens is 480 g/mol. The van der Waals surface area contributed by atoms with Crippen molar-refractivity contribution in [1.29, 1.82) is 0 Å². The highest BCUT2D eigenvalue weighted by Gasteiger charge is 2.23. The standard InChI is InChI=1S/C23H19ClN4O3S2/c24-17-11-13-18(14-12-17)25-22(29)15-32-23-27-26-21(28(23)19-7-3-1-4-8-19)16-33(30,31)20-9-5-2-6-10-20/h1-14H,15-16H2,(H,25,29). The number of thioether (sulfide) groups is 1. The first-order valence-electron chi connectivity index (χ1n) is 9.88. The molecular formula is C23H19ClN4O3S2. The van der Waals surface area contributed by atoms with Crippen molar-refractivity contribution in [2.24, 2.45) is 0 Å². The molecule has 4 rings (SSSR count). The Kier molecular flexibility index (Phi) is 7.12. The van der Waals surface area contributed by atoms with E-state index in [1.165, 1.54) is 11.8 Å². The zero-order chi connectivity index (χ0) is 23.3. The fourth-order valence-corrected chi connectivity index (χ4v) is 5.23. The molecule has 0 aliphatic heterocycles. The van der Waals surface area contributed by atoms with Gasteiger partial charge in [-0.2, -0.15) is 0 Å². The summed E-state index contributed by atoms with van der Waals surface area (Å²) in [6, 6.07) is 24.2. The molecule has 1 N–H and O–H groups in total. The molecule has 1 amide bonds. The molecule has 168 valence electrons. The Morgan fingerprint density at radius 1 is 0.909 bits per heavy atom. The molecule has 0 atom stereocenters. The van der Waals surface area contributed by atoms with Gasteiger partial charge in [0, 0.05) is 16.4 Å². The molecule has 4 aromatic rings. The average Bonchev–Trinajstić information content (AvgIpc) is 3.22. The summed E-state index contributed by atoms with van der Waals surface area (Å²) in [5.74, 6) is -0.218. The van der Waals surface area contributed by atoms with Crippen molar-refractivity contribution in [3.63, 3.8) is 0 Å². The van der Waals surface area contributed by atoms with Crippen molar-refractivity contribution in [2.75, 3.05) is 11.1 Å². The van der Waals surface area contributed by atoms with Crippen LogP contribution in [0.4, 0.5) is 5.69 Å². The smallest absolute Gasteiger partial charge is 0.234 e. The van der Waals surface area contributed by atoms with Crippen molar-refractivity contribution in [3.8, 4) is 5.69 Å². The summed E-state index contributed by atoms with van der Waals surface area (Å²) >= 11 is 7.05. The quantitative estimate of drug-likeness (QED) is 0.356. The highest BCUT2D eigenvalue weighted by molar-refractivity contribution is 7.99. The summed E-state index contributed by atoms with van der Waals surface area (Å²) in [5, 5.41) is 12.1. The molecule has 1 aromatic heterocycles. The van der Waals surface area contributed by atoms with Crippen LogP contribution in [0.5, 0.6) is 0 Å². The summed E-state index contributed by atoms with van der Waals surface area (Å²) in [7, 11) is -3.63. The Hall–Kier alpha value is -3.14. The second kappa shape index (κ2) is 10.2. The summed E-state index contributed by atoms with van der Waals surface area (Å²) in [5.41, 5.74) is 1.34. The molecule has 0 saturated carbocycles. The van der Waals surface area contributed by atoms with Gasteiger partial charge in [0.2, 0.25) is 5.91 Å². The third-order valence-electron chi connectivity index (χ3n) is 4.60. The zero-order valence-electron chi connectivity index (χ0n) is 17.3. The van der Waals surface area contributed by atoms with Gasteiger partial charge in [0.1, 0.15) is 5.75 Å². The van der Waals surface area contributed by atoms with Gasteiger partial charge in [0.05, 0.1) is 10.6 Å². The van der Waals surface area contributed by atoms with Gasteiger partial charge < -0.3 is 5.32 Å². The number of nitrogens with one attached hydrogen (secondary N) is 1. The first-order valence-corrected chi connectivity index (χ1v) is 12.9. The zero-order valence-corrected chi connectivity index (χ0v) is 19.6. The Labute approximate surface area is 200 Å². The van der Waals surface area contributed by atoms with Gasteiger partial charge in [-0.15, -0.1) is 10.2 Å². The summed E-state index contributed by atoms with van der Waals surface area (Å²) in [6.45, 7) is 0. The lowest BCUT2D eigenvalue weighted by atomic mass is 10.3. The molecule has 3 aromatic carbocycles. The molecule has 1 heterocycles. The van der Waals surface area contributed by atoms with E-state index in [9.17, 15) is 13.2 Å². The van der Waals surface area contributed by atoms with E-state index >= 15 is 0 Å². The lowest BCUT2D eigenvalue weighted by Crippen LogP contribution is -2.15.